The molecule has 0 spiro atoms. The van der Waals surface area contributed by atoms with Crippen LogP contribution in [0.25, 0.3) is 0 Å². The van der Waals surface area contributed by atoms with Crippen LogP contribution in [0.2, 0.25) is 0 Å². The van der Waals surface area contributed by atoms with E-state index >= 15 is 0 Å². The Balaban J connectivity index is 2.52. The second-order valence-electron chi connectivity index (χ2n) is 3.83. The van der Waals surface area contributed by atoms with Gasteiger partial charge in [0, 0.05) is 6.07 Å². The molecule has 2 rings (SSSR count). The van der Waals surface area contributed by atoms with Gasteiger partial charge in [0.05, 0.1) is 6.04 Å². The lowest BCUT2D eigenvalue weighted by atomic mass is 10.0. The highest BCUT2D eigenvalue weighted by atomic mass is 16.4. The molecule has 0 radical (unpaired) electrons. The normalized spacial score (nSPS) is 12.4. The molecule has 1 unspecified atom stereocenters. The van der Waals surface area contributed by atoms with E-state index in [1.54, 1.807) is 19.1 Å². The van der Waals surface area contributed by atoms with Gasteiger partial charge in [0.25, 0.3) is 0 Å². The van der Waals surface area contributed by atoms with Gasteiger partial charge in [0.1, 0.15) is 17.1 Å². The third kappa shape index (κ3) is 2.21. The molecule has 1 aromatic carbocycles. The van der Waals surface area contributed by atoms with Gasteiger partial charge in [-0.3, -0.25) is 0 Å². The molecule has 1 aromatic heterocycles. The summed E-state index contributed by atoms with van der Waals surface area (Å²) in [6, 6.07) is 9.79. The number of nitrogens with two attached hydrogens (primary N) is 1. The van der Waals surface area contributed by atoms with Crippen LogP contribution in [-0.2, 0) is 0 Å². The number of benzene rings is 1. The SMILES string of the molecule is Cc1cc(O)c(C(N)c2ccccc2)c(=O)o1. The fourth-order valence-electron chi connectivity index (χ4n) is 1.72. The van der Waals surface area contributed by atoms with Gasteiger partial charge in [-0.05, 0) is 12.5 Å². The predicted molar refractivity (Wildman–Crippen MR) is 63.9 cm³/mol. The molecule has 88 valence electrons. The number of aryl methyl sites for hydroxylation is 1. The summed E-state index contributed by atoms with van der Waals surface area (Å²) in [6.45, 7) is 1.60. The second kappa shape index (κ2) is 4.43. The van der Waals surface area contributed by atoms with Crippen LogP contribution in [0, 0.1) is 6.92 Å². The zero-order valence-electron chi connectivity index (χ0n) is 9.38. The van der Waals surface area contributed by atoms with E-state index in [0.29, 0.717) is 5.76 Å². The number of hydrogen-bond donors (Lipinski definition) is 2. The van der Waals surface area contributed by atoms with Crippen molar-refractivity contribution in [3.63, 3.8) is 0 Å². The van der Waals surface area contributed by atoms with E-state index in [1.165, 1.54) is 6.07 Å². The van der Waals surface area contributed by atoms with Gasteiger partial charge in [-0.25, -0.2) is 4.79 Å². The van der Waals surface area contributed by atoms with Crippen molar-refractivity contribution in [2.45, 2.75) is 13.0 Å². The Morgan fingerprint density at radius 2 is 1.94 bits per heavy atom. The van der Waals surface area contributed by atoms with Gasteiger partial charge in [0.15, 0.2) is 0 Å². The number of hydrogen-bond acceptors (Lipinski definition) is 4. The third-order valence-corrected chi connectivity index (χ3v) is 2.56. The monoisotopic (exact) mass is 231 g/mol. The summed E-state index contributed by atoms with van der Waals surface area (Å²) in [5.41, 5.74) is 6.18. The van der Waals surface area contributed by atoms with Gasteiger partial charge >= 0.3 is 5.63 Å². The Hall–Kier alpha value is -2.07. The highest BCUT2D eigenvalue weighted by Gasteiger charge is 2.18. The average Bonchev–Trinajstić information content (AvgIpc) is 2.28. The Kier molecular flexibility index (Phi) is 2.97. The smallest absolute Gasteiger partial charge is 0.344 e. The summed E-state index contributed by atoms with van der Waals surface area (Å²) in [5.74, 6) is 0.228. The minimum atomic E-state index is -0.687. The minimum absolute atomic E-state index is 0.0850. The fourth-order valence-corrected chi connectivity index (χ4v) is 1.72. The predicted octanol–water partition coefficient (Wildman–Crippen LogP) is 1.70. The summed E-state index contributed by atoms with van der Waals surface area (Å²) in [4.78, 5) is 11.7. The molecule has 0 saturated heterocycles. The van der Waals surface area contributed by atoms with Crippen molar-refractivity contribution in [2.24, 2.45) is 5.73 Å². The molecular formula is C13H13NO3. The summed E-state index contributed by atoms with van der Waals surface area (Å²) in [7, 11) is 0. The van der Waals surface area contributed by atoms with E-state index in [9.17, 15) is 9.90 Å². The van der Waals surface area contributed by atoms with Crippen molar-refractivity contribution in [3.05, 3.63) is 63.7 Å². The summed E-state index contributed by atoms with van der Waals surface area (Å²) in [6.07, 6.45) is 0. The van der Waals surface area contributed by atoms with Gasteiger partial charge in [-0.15, -0.1) is 0 Å². The molecule has 0 amide bonds. The summed E-state index contributed by atoms with van der Waals surface area (Å²) < 4.78 is 4.94. The first kappa shape index (κ1) is 11.4. The van der Waals surface area contributed by atoms with Gasteiger partial charge in [-0.2, -0.15) is 0 Å². The molecular weight excluding hydrogens is 218 g/mol. The van der Waals surface area contributed by atoms with Crippen LogP contribution in [0.5, 0.6) is 5.75 Å². The second-order valence-corrected chi connectivity index (χ2v) is 3.83. The van der Waals surface area contributed by atoms with E-state index in [2.05, 4.69) is 0 Å². The molecule has 0 bridgehead atoms. The molecule has 4 nitrogen and oxygen atoms in total. The summed E-state index contributed by atoms with van der Waals surface area (Å²) >= 11 is 0. The first-order chi connectivity index (χ1) is 8.09. The molecule has 17 heavy (non-hydrogen) atoms. The van der Waals surface area contributed by atoms with Gasteiger partial charge in [-0.1, -0.05) is 30.3 Å². The lowest BCUT2D eigenvalue weighted by Crippen LogP contribution is -2.20. The fraction of sp³-hybridized carbons (Fsp3) is 0.154. The summed E-state index contributed by atoms with van der Waals surface area (Å²) in [5, 5.41) is 9.76. The molecule has 1 heterocycles. The van der Waals surface area contributed by atoms with Crippen molar-refractivity contribution < 1.29 is 9.52 Å². The van der Waals surface area contributed by atoms with Crippen molar-refractivity contribution in [1.82, 2.24) is 0 Å². The van der Waals surface area contributed by atoms with Crippen LogP contribution >= 0.6 is 0 Å². The molecule has 1 atom stereocenters. The first-order valence-corrected chi connectivity index (χ1v) is 5.23. The van der Waals surface area contributed by atoms with Crippen LogP contribution in [0.4, 0.5) is 0 Å². The maximum absolute atomic E-state index is 11.7. The maximum atomic E-state index is 11.7. The quantitative estimate of drug-likeness (QED) is 0.824. The highest BCUT2D eigenvalue weighted by Crippen LogP contribution is 2.24. The van der Waals surface area contributed by atoms with E-state index in [-0.39, 0.29) is 11.3 Å². The van der Waals surface area contributed by atoms with Crippen molar-refractivity contribution >= 4 is 0 Å². The molecule has 2 aromatic rings. The molecule has 0 aliphatic rings. The van der Waals surface area contributed by atoms with E-state index < -0.39 is 11.7 Å². The lowest BCUT2D eigenvalue weighted by Gasteiger charge is -2.12. The molecule has 0 saturated carbocycles. The topological polar surface area (TPSA) is 76.5 Å². The molecule has 0 fully saturated rings. The van der Waals surface area contributed by atoms with Crippen LogP contribution < -0.4 is 11.4 Å². The minimum Gasteiger partial charge on any atom is -0.507 e. The van der Waals surface area contributed by atoms with Gasteiger partial charge in [0.2, 0.25) is 0 Å². The Morgan fingerprint density at radius 1 is 1.29 bits per heavy atom. The van der Waals surface area contributed by atoms with E-state index in [4.69, 9.17) is 10.2 Å². The third-order valence-electron chi connectivity index (χ3n) is 2.56. The van der Waals surface area contributed by atoms with Crippen LogP contribution in [0.1, 0.15) is 22.9 Å². The van der Waals surface area contributed by atoms with E-state index in [1.807, 2.05) is 18.2 Å². The molecule has 3 N–H and O–H groups in total. The number of rotatable bonds is 2. The Labute approximate surface area is 98.3 Å². The molecule has 4 heteroatoms. The molecule has 0 aliphatic heterocycles. The van der Waals surface area contributed by atoms with E-state index in [0.717, 1.165) is 5.56 Å². The Morgan fingerprint density at radius 3 is 2.53 bits per heavy atom. The first-order valence-electron chi connectivity index (χ1n) is 5.23. The van der Waals surface area contributed by atoms with Gasteiger partial charge < -0.3 is 15.3 Å². The average molecular weight is 231 g/mol. The van der Waals surface area contributed by atoms with Crippen molar-refractivity contribution in [2.75, 3.05) is 0 Å². The van der Waals surface area contributed by atoms with Crippen molar-refractivity contribution in [1.29, 1.82) is 0 Å². The Bertz CT molecular complexity index is 575. The zero-order valence-corrected chi connectivity index (χ0v) is 9.38. The zero-order chi connectivity index (χ0) is 12.4. The molecule has 0 aliphatic carbocycles. The van der Waals surface area contributed by atoms with Crippen LogP contribution in [0.15, 0.2) is 45.6 Å². The lowest BCUT2D eigenvalue weighted by molar-refractivity contribution is 0.418. The largest absolute Gasteiger partial charge is 0.507 e. The number of aromatic hydroxyl groups is 1. The highest BCUT2D eigenvalue weighted by molar-refractivity contribution is 5.38. The maximum Gasteiger partial charge on any atom is 0.344 e. The van der Waals surface area contributed by atoms with Crippen molar-refractivity contribution in [3.8, 4) is 5.75 Å². The standard InChI is InChI=1S/C13H13NO3/c1-8-7-10(15)11(13(16)17-8)12(14)9-5-3-2-4-6-9/h2-7,12,15H,14H2,1H3. The van der Waals surface area contributed by atoms with Crippen LogP contribution in [0.3, 0.4) is 0 Å². The van der Waals surface area contributed by atoms with Crippen LogP contribution in [-0.4, -0.2) is 5.11 Å².